The largest absolute Gasteiger partial charge is 0.508 e. The molecular formula is C22H23NO3S. The second-order valence-electron chi connectivity index (χ2n) is 6.06. The summed E-state index contributed by atoms with van der Waals surface area (Å²) in [4.78, 5) is 4.44. The SMILES string of the molecule is CCC(OC)(c1cc(O)cc(OC/C=C/c2ccccc2)c1)c1nccs1. The number of aromatic nitrogens is 1. The third-order valence-corrected chi connectivity index (χ3v) is 5.35. The second-order valence-corrected chi connectivity index (χ2v) is 6.96. The summed E-state index contributed by atoms with van der Waals surface area (Å²) in [7, 11) is 1.66. The lowest BCUT2D eigenvalue weighted by molar-refractivity contribution is 0.0181. The van der Waals surface area contributed by atoms with E-state index in [1.165, 1.54) is 11.3 Å². The normalized spacial score (nSPS) is 13.6. The molecule has 3 aromatic rings. The van der Waals surface area contributed by atoms with Gasteiger partial charge in [0.05, 0.1) is 0 Å². The molecule has 1 N–H and O–H groups in total. The van der Waals surface area contributed by atoms with Gasteiger partial charge in [-0.05, 0) is 35.8 Å². The molecule has 0 aliphatic heterocycles. The van der Waals surface area contributed by atoms with Crippen LogP contribution in [0.4, 0.5) is 0 Å². The molecule has 0 fully saturated rings. The number of rotatable bonds is 8. The van der Waals surface area contributed by atoms with Crippen molar-refractivity contribution in [2.24, 2.45) is 0 Å². The summed E-state index contributed by atoms with van der Waals surface area (Å²) in [6.07, 6.45) is 6.40. The number of ether oxygens (including phenoxy) is 2. The third kappa shape index (κ3) is 4.38. The van der Waals surface area contributed by atoms with Gasteiger partial charge in [-0.25, -0.2) is 4.98 Å². The Bertz CT molecular complexity index is 872. The molecule has 0 amide bonds. The van der Waals surface area contributed by atoms with E-state index in [1.54, 1.807) is 25.4 Å². The van der Waals surface area contributed by atoms with Crippen LogP contribution in [0, 0.1) is 0 Å². The van der Waals surface area contributed by atoms with Gasteiger partial charge in [0.2, 0.25) is 0 Å². The minimum atomic E-state index is -0.703. The quantitative estimate of drug-likeness (QED) is 0.580. The Balaban J connectivity index is 1.80. The van der Waals surface area contributed by atoms with Gasteiger partial charge in [-0.15, -0.1) is 11.3 Å². The van der Waals surface area contributed by atoms with Crippen molar-refractivity contribution in [2.75, 3.05) is 13.7 Å². The second kappa shape index (κ2) is 8.84. The first-order chi connectivity index (χ1) is 13.2. The highest BCUT2D eigenvalue weighted by atomic mass is 32.1. The average Bonchev–Trinajstić information content (AvgIpc) is 3.22. The highest BCUT2D eigenvalue weighted by molar-refractivity contribution is 7.09. The first kappa shape index (κ1) is 19.1. The third-order valence-electron chi connectivity index (χ3n) is 4.44. The van der Waals surface area contributed by atoms with Crippen LogP contribution >= 0.6 is 11.3 Å². The number of thiazole rings is 1. The first-order valence-electron chi connectivity index (χ1n) is 8.82. The van der Waals surface area contributed by atoms with Crippen molar-refractivity contribution in [1.29, 1.82) is 0 Å². The monoisotopic (exact) mass is 381 g/mol. The fraction of sp³-hybridized carbons (Fsp3) is 0.227. The van der Waals surface area contributed by atoms with Gasteiger partial charge in [-0.3, -0.25) is 0 Å². The van der Waals surface area contributed by atoms with Gasteiger partial charge in [0.15, 0.2) is 0 Å². The standard InChI is InChI=1S/C22H23NO3S/c1-3-22(25-2,21-23-11-13-27-21)18-14-19(24)16-20(15-18)26-12-7-10-17-8-5-4-6-9-17/h4-11,13-16,24H,3,12H2,1-2H3/b10-7+. The van der Waals surface area contributed by atoms with Gasteiger partial charge in [0, 0.05) is 24.8 Å². The molecule has 0 bridgehead atoms. The predicted octanol–water partition coefficient (Wildman–Crippen LogP) is 5.24. The van der Waals surface area contributed by atoms with Crippen molar-refractivity contribution in [2.45, 2.75) is 18.9 Å². The lowest BCUT2D eigenvalue weighted by atomic mass is 9.91. The summed E-state index contributed by atoms with van der Waals surface area (Å²) in [5, 5.41) is 13.0. The van der Waals surface area contributed by atoms with E-state index in [0.29, 0.717) is 18.8 Å². The van der Waals surface area contributed by atoms with E-state index in [0.717, 1.165) is 16.1 Å². The molecule has 5 heteroatoms. The number of methoxy groups -OCH3 is 1. The fourth-order valence-corrected chi connectivity index (χ4v) is 3.95. The number of hydrogen-bond donors (Lipinski definition) is 1. The van der Waals surface area contributed by atoms with E-state index >= 15 is 0 Å². The summed E-state index contributed by atoms with van der Waals surface area (Å²) in [5.74, 6) is 0.732. The van der Waals surface area contributed by atoms with Crippen molar-refractivity contribution in [1.82, 2.24) is 4.98 Å². The van der Waals surface area contributed by atoms with Crippen LogP contribution < -0.4 is 4.74 Å². The van der Waals surface area contributed by atoms with E-state index in [2.05, 4.69) is 4.98 Å². The maximum Gasteiger partial charge on any atom is 0.144 e. The molecule has 1 unspecified atom stereocenters. The molecule has 0 aliphatic rings. The zero-order valence-corrected chi connectivity index (χ0v) is 16.3. The predicted molar refractivity (Wildman–Crippen MR) is 109 cm³/mol. The number of benzene rings is 2. The number of nitrogens with zero attached hydrogens (tertiary/aromatic N) is 1. The molecule has 4 nitrogen and oxygen atoms in total. The summed E-state index contributed by atoms with van der Waals surface area (Å²) in [5.41, 5.74) is 1.24. The van der Waals surface area contributed by atoms with Crippen LogP contribution in [0.5, 0.6) is 11.5 Å². The number of hydrogen-bond acceptors (Lipinski definition) is 5. The molecule has 140 valence electrons. The van der Waals surface area contributed by atoms with Crippen molar-refractivity contribution < 1.29 is 14.6 Å². The minimum absolute atomic E-state index is 0.140. The lowest BCUT2D eigenvalue weighted by Crippen LogP contribution is -2.29. The van der Waals surface area contributed by atoms with Crippen LogP contribution in [0.25, 0.3) is 6.08 Å². The van der Waals surface area contributed by atoms with Crippen LogP contribution in [-0.4, -0.2) is 23.8 Å². The molecular weight excluding hydrogens is 358 g/mol. The molecule has 0 saturated heterocycles. The highest BCUT2D eigenvalue weighted by Crippen LogP contribution is 2.40. The molecule has 3 rings (SSSR count). The van der Waals surface area contributed by atoms with Crippen LogP contribution in [0.3, 0.4) is 0 Å². The van der Waals surface area contributed by atoms with Crippen molar-refractivity contribution >= 4 is 17.4 Å². The summed E-state index contributed by atoms with van der Waals surface area (Å²) in [6, 6.07) is 15.3. The maximum absolute atomic E-state index is 10.2. The average molecular weight is 381 g/mol. The molecule has 0 spiro atoms. The summed E-state index contributed by atoms with van der Waals surface area (Å²) in [6.45, 7) is 2.44. The van der Waals surface area contributed by atoms with Gasteiger partial charge >= 0.3 is 0 Å². The van der Waals surface area contributed by atoms with E-state index in [1.807, 2.05) is 60.9 Å². The minimum Gasteiger partial charge on any atom is -0.508 e. The molecule has 1 aromatic heterocycles. The zero-order chi connectivity index (χ0) is 19.1. The van der Waals surface area contributed by atoms with Crippen molar-refractivity contribution in [3.63, 3.8) is 0 Å². The van der Waals surface area contributed by atoms with Crippen LogP contribution in [0.2, 0.25) is 0 Å². The summed E-state index contributed by atoms with van der Waals surface area (Å²) < 4.78 is 11.7. The molecule has 2 aromatic carbocycles. The van der Waals surface area contributed by atoms with Crippen LogP contribution in [-0.2, 0) is 10.3 Å². The zero-order valence-electron chi connectivity index (χ0n) is 15.5. The van der Waals surface area contributed by atoms with Crippen LogP contribution in [0.1, 0.15) is 29.5 Å². The Kier molecular flexibility index (Phi) is 6.27. The Morgan fingerprint density at radius 2 is 2.00 bits per heavy atom. The van der Waals surface area contributed by atoms with Gasteiger partial charge in [0.25, 0.3) is 0 Å². The van der Waals surface area contributed by atoms with Crippen LogP contribution in [0.15, 0.2) is 66.2 Å². The molecule has 0 radical (unpaired) electrons. The number of aromatic hydroxyl groups is 1. The maximum atomic E-state index is 10.2. The molecule has 0 saturated carbocycles. The van der Waals surface area contributed by atoms with Gasteiger partial charge in [-0.2, -0.15) is 0 Å². The van der Waals surface area contributed by atoms with E-state index in [9.17, 15) is 5.11 Å². The Hall–Kier alpha value is -2.63. The smallest absolute Gasteiger partial charge is 0.144 e. The van der Waals surface area contributed by atoms with Gasteiger partial charge in [0.1, 0.15) is 28.7 Å². The first-order valence-corrected chi connectivity index (χ1v) is 9.70. The Morgan fingerprint density at radius 3 is 2.67 bits per heavy atom. The highest BCUT2D eigenvalue weighted by Gasteiger charge is 2.36. The van der Waals surface area contributed by atoms with E-state index in [4.69, 9.17) is 9.47 Å². The van der Waals surface area contributed by atoms with Crippen molar-refractivity contribution in [3.8, 4) is 11.5 Å². The molecule has 1 atom stereocenters. The van der Waals surface area contributed by atoms with Gasteiger partial charge < -0.3 is 14.6 Å². The Morgan fingerprint density at radius 1 is 1.19 bits per heavy atom. The Labute approximate surface area is 163 Å². The number of phenolic OH excluding ortho intramolecular Hbond substituents is 1. The molecule has 0 aliphatic carbocycles. The number of phenols is 1. The van der Waals surface area contributed by atoms with E-state index < -0.39 is 5.60 Å². The lowest BCUT2D eigenvalue weighted by Gasteiger charge is -2.30. The van der Waals surface area contributed by atoms with E-state index in [-0.39, 0.29) is 5.75 Å². The molecule has 27 heavy (non-hydrogen) atoms. The molecule has 1 heterocycles. The summed E-state index contributed by atoms with van der Waals surface area (Å²) >= 11 is 1.53. The van der Waals surface area contributed by atoms with Gasteiger partial charge in [-0.1, -0.05) is 43.3 Å². The van der Waals surface area contributed by atoms with Crippen molar-refractivity contribution in [3.05, 3.63) is 82.3 Å². The topological polar surface area (TPSA) is 51.6 Å². The fourth-order valence-electron chi connectivity index (χ4n) is 3.04.